The summed E-state index contributed by atoms with van der Waals surface area (Å²) in [5, 5.41) is -2.30. The van der Waals surface area contributed by atoms with E-state index in [0.29, 0.717) is 0 Å². The van der Waals surface area contributed by atoms with E-state index in [9.17, 15) is 31.5 Å². The Morgan fingerprint density at radius 2 is 0.971 bits per heavy atom. The summed E-state index contributed by atoms with van der Waals surface area (Å²) in [6, 6.07) is -21.0. The van der Waals surface area contributed by atoms with Crippen molar-refractivity contribution in [1.82, 2.24) is 9.13 Å². The van der Waals surface area contributed by atoms with E-state index in [1.807, 2.05) is 0 Å². The van der Waals surface area contributed by atoms with Gasteiger partial charge in [0, 0.05) is 50.0 Å². The van der Waals surface area contributed by atoms with E-state index in [1.54, 1.807) is 62.3 Å². The van der Waals surface area contributed by atoms with E-state index >= 15 is 0 Å². The summed E-state index contributed by atoms with van der Waals surface area (Å²) >= 11 is 0. The zero-order chi connectivity index (χ0) is 71.4. The van der Waals surface area contributed by atoms with Gasteiger partial charge in [0.15, 0.2) is 0 Å². The highest BCUT2D eigenvalue weighted by atomic mass is 15.2. The molecule has 5 heterocycles. The van der Waals surface area contributed by atoms with Crippen molar-refractivity contribution < 1.29 is 38.4 Å². The average molecular weight is 919 g/mol. The van der Waals surface area contributed by atoms with E-state index in [1.165, 1.54) is 4.90 Å². The van der Waals surface area contributed by atoms with Crippen LogP contribution < -0.4 is 26.2 Å². The van der Waals surface area contributed by atoms with Crippen LogP contribution in [0.15, 0.2) is 169 Å². The van der Waals surface area contributed by atoms with Gasteiger partial charge in [-0.1, -0.05) is 153 Å². The van der Waals surface area contributed by atoms with Crippen molar-refractivity contribution in [2.45, 2.75) is 78.6 Å². The highest BCUT2D eigenvalue weighted by Gasteiger charge is 2.47. The first-order valence-electron chi connectivity index (χ1n) is 36.5. The van der Waals surface area contributed by atoms with Crippen LogP contribution in [0.2, 0.25) is 0 Å². The molecule has 5 heteroatoms. The Hall–Kier alpha value is -7.50. The Balaban J connectivity index is 1.30. The Labute approximate surface area is 444 Å². The van der Waals surface area contributed by atoms with Gasteiger partial charge in [-0.15, -0.1) is 0 Å². The highest BCUT2D eigenvalue weighted by Crippen LogP contribution is 2.53. The molecule has 69 heavy (non-hydrogen) atoms. The van der Waals surface area contributed by atoms with Gasteiger partial charge >= 0.3 is 0 Å². The van der Waals surface area contributed by atoms with Gasteiger partial charge in [-0.3, -0.25) is 0 Å². The summed E-state index contributed by atoms with van der Waals surface area (Å²) in [5.74, 6) is 0. The largest absolute Gasteiger partial charge is 0.311 e. The Morgan fingerprint density at radius 3 is 1.68 bits per heavy atom. The van der Waals surface area contributed by atoms with E-state index in [-0.39, 0.29) is 78.2 Å². The molecule has 4 nitrogen and oxygen atoms in total. The molecule has 3 aliphatic heterocycles. The van der Waals surface area contributed by atoms with E-state index in [4.69, 9.17) is 6.85 Å². The number of aromatic nitrogens is 2. The molecule has 0 amide bonds. The number of hydrogen-bond acceptors (Lipinski definition) is 2. The summed E-state index contributed by atoms with van der Waals surface area (Å²) in [4.78, 5) is 2.15. The lowest BCUT2D eigenvalue weighted by Crippen LogP contribution is -2.62. The molecule has 0 saturated carbocycles. The van der Waals surface area contributed by atoms with Crippen LogP contribution in [0.25, 0.3) is 65.8 Å². The zero-order valence-corrected chi connectivity index (χ0v) is 38.9. The molecule has 0 saturated heterocycles. The second kappa shape index (κ2) is 13.6. The zero-order valence-electron chi connectivity index (χ0n) is 66.9. The molecule has 334 valence electrons. The summed E-state index contributed by atoms with van der Waals surface area (Å²) in [6.07, 6.45) is 0. The van der Waals surface area contributed by atoms with Crippen molar-refractivity contribution in [3.63, 3.8) is 0 Å². The molecular weight excluding hydrogens is 836 g/mol. The minimum atomic E-state index is -1.96. The quantitative estimate of drug-likeness (QED) is 0.161. The highest BCUT2D eigenvalue weighted by molar-refractivity contribution is 7.00. The van der Waals surface area contributed by atoms with E-state index in [2.05, 4.69) is 0 Å². The van der Waals surface area contributed by atoms with Gasteiger partial charge in [-0.2, -0.15) is 0 Å². The number of benzene rings is 9. The topological polar surface area (TPSA) is 16.3 Å². The minimum Gasteiger partial charge on any atom is -0.311 e. The average Bonchev–Trinajstić information content (AvgIpc) is 1.65. The number of anilines is 6. The number of para-hydroxylation sites is 3. The molecule has 0 atom stereocenters. The van der Waals surface area contributed by atoms with Crippen molar-refractivity contribution in [2.24, 2.45) is 0 Å². The Bertz CT molecular complexity index is 5620. The number of fused-ring (bicyclic) bond motifs is 13. The third kappa shape index (κ3) is 5.59. The van der Waals surface area contributed by atoms with Crippen LogP contribution in [0, 0.1) is 0 Å². The van der Waals surface area contributed by atoms with Gasteiger partial charge in [0.05, 0.1) is 77.5 Å². The SMILES string of the molecule is [2H]c1c([2H])c2c3c(c1[2H])-n1c4c([2H])c([2H])c([2H])c([2H])c4c4c([2H])c([2H])c([2H])c(c41)N3c1c([2H])c(C(C)(C)C)c([2H])c3c1B2c1c([2H])c([2H])c(-n2c4c([2H])c([2H])c(C(C)(C)C)c([2H])c4c4c([2H])c(C(C)(C)C)c([2H])c([2H])c42)c([2H])c1N3c1c([2H])c([2H])c2c([2H])c([2H])c([2H])c([2H])c2c1[2H]. The fraction of sp³-hybridized carbons (Fsp3) is 0.188. The first-order valence-corrected chi connectivity index (χ1v) is 22.5. The smallest absolute Gasteiger partial charge is 0.252 e. The monoisotopic (exact) mass is 919 g/mol. The maximum atomic E-state index is 11.1. The Kier molecular flexibility index (Phi) is 4.22. The lowest BCUT2D eigenvalue weighted by molar-refractivity contribution is 0.590. The van der Waals surface area contributed by atoms with Gasteiger partial charge in [-0.25, -0.2) is 0 Å². The van der Waals surface area contributed by atoms with E-state index in [0.717, 1.165) is 14.0 Å². The fourth-order valence-electron chi connectivity index (χ4n) is 9.92. The van der Waals surface area contributed by atoms with Crippen molar-refractivity contribution in [1.29, 1.82) is 0 Å². The molecule has 0 radical (unpaired) electrons. The Morgan fingerprint density at radius 1 is 0.377 bits per heavy atom. The molecule has 0 fully saturated rings. The standard InChI is InChI=1S/C64H55BN4/c1-62(2,3)40-25-30-52-47(33-40)48-34-41(63(4,5)6)26-31-53(48)66(52)44-28-29-49-56(37-44)67(43-27-24-38-16-10-11-17-39(38)32-43)57-35-42(64(7,8)9)36-58-59(57)65(49)50-20-15-23-55-61(50)69(58)54-22-14-19-46-45-18-12-13-21-51(45)68(55)60(46)54/h10-37H,1-9H3/i10D,11D,12D,13D,14D,15D,16D,17D,18D,19D,20D,21D,22D,23D,24D,25D,26D,27D,28D,29D,30D,31D,32D,33D,34D,35D,36D,37D. The van der Waals surface area contributed by atoms with Gasteiger partial charge < -0.3 is 18.9 Å². The maximum Gasteiger partial charge on any atom is 0.252 e. The molecule has 3 aliphatic rings. The second-order valence-corrected chi connectivity index (χ2v) is 20.8. The minimum absolute atomic E-state index is 0.0315. The van der Waals surface area contributed by atoms with Crippen LogP contribution >= 0.6 is 0 Å². The first kappa shape index (κ1) is 21.4. The van der Waals surface area contributed by atoms with E-state index < -0.39 is 247 Å². The molecule has 11 aromatic rings. The molecule has 0 bridgehead atoms. The molecule has 9 aromatic carbocycles. The summed E-state index contributed by atoms with van der Waals surface area (Å²) in [5.41, 5.74) is -10.7. The van der Waals surface area contributed by atoms with Crippen LogP contribution in [0.3, 0.4) is 0 Å². The first-order chi connectivity index (χ1) is 44.9. The fourth-order valence-corrected chi connectivity index (χ4v) is 9.92. The van der Waals surface area contributed by atoms with Gasteiger partial charge in [0.25, 0.3) is 6.71 Å². The molecule has 14 rings (SSSR count). The normalized spacial score (nSPS) is 19.8. The van der Waals surface area contributed by atoms with Crippen LogP contribution in [0.5, 0.6) is 0 Å². The van der Waals surface area contributed by atoms with Crippen LogP contribution in [-0.2, 0) is 16.2 Å². The third-order valence-electron chi connectivity index (χ3n) is 13.3. The van der Waals surface area contributed by atoms with Gasteiger partial charge in [0.2, 0.25) is 0 Å². The predicted molar refractivity (Wildman–Crippen MR) is 296 cm³/mol. The van der Waals surface area contributed by atoms with Crippen molar-refractivity contribution in [3.8, 4) is 11.4 Å². The number of hydrogen-bond donors (Lipinski definition) is 0. The molecule has 2 aromatic heterocycles. The molecule has 0 spiro atoms. The summed E-state index contributed by atoms with van der Waals surface area (Å²) < 4.78 is 277. The van der Waals surface area contributed by atoms with Crippen LogP contribution in [0.1, 0.15) is 117 Å². The number of rotatable bonds is 2. The molecule has 0 aliphatic carbocycles. The lowest BCUT2D eigenvalue weighted by Gasteiger charge is -2.47. The van der Waals surface area contributed by atoms with Gasteiger partial charge in [-0.05, 0) is 139 Å². The number of nitrogens with zero attached hydrogens (tertiary/aromatic N) is 4. The second-order valence-electron chi connectivity index (χ2n) is 20.8. The molecule has 0 N–H and O–H groups in total. The van der Waals surface area contributed by atoms with Crippen molar-refractivity contribution in [2.75, 3.05) is 9.80 Å². The summed E-state index contributed by atoms with van der Waals surface area (Å²) in [6.45, 7) is 13.1. The third-order valence-corrected chi connectivity index (χ3v) is 13.3. The van der Waals surface area contributed by atoms with Crippen LogP contribution in [-0.4, -0.2) is 15.8 Å². The molecule has 0 unspecified atom stereocenters. The lowest BCUT2D eigenvalue weighted by atomic mass is 9.33. The predicted octanol–water partition coefficient (Wildman–Crippen LogP) is 15.3. The van der Waals surface area contributed by atoms with Gasteiger partial charge in [0.1, 0.15) is 0 Å². The van der Waals surface area contributed by atoms with Crippen molar-refractivity contribution >= 4 is 112 Å². The molecular formula is C64H55BN4. The maximum absolute atomic E-state index is 11.1. The van der Waals surface area contributed by atoms with Crippen LogP contribution in [0.4, 0.5) is 34.1 Å². The summed E-state index contributed by atoms with van der Waals surface area (Å²) in [7, 11) is 0. The van der Waals surface area contributed by atoms with Crippen molar-refractivity contribution in [3.05, 3.63) is 186 Å².